The van der Waals surface area contributed by atoms with Crippen LogP contribution in [0, 0.1) is 17.0 Å². The molecule has 11 heteroatoms. The average molecular weight is 538 g/mol. The molecule has 0 atom stereocenters. The zero-order chi connectivity index (χ0) is 26.5. The number of nitrogens with one attached hydrogen (secondary N) is 1. The van der Waals surface area contributed by atoms with Crippen molar-refractivity contribution < 1.29 is 24.0 Å². The molecule has 0 saturated carbocycles. The number of nitrogens with zero attached hydrogens (tertiary/aromatic N) is 2. The zero-order valence-corrected chi connectivity index (χ0v) is 21.0. The van der Waals surface area contributed by atoms with E-state index in [-0.39, 0.29) is 35.2 Å². The van der Waals surface area contributed by atoms with Gasteiger partial charge in [-0.3, -0.25) is 29.4 Å². The van der Waals surface area contributed by atoms with E-state index in [0.717, 1.165) is 22.2 Å². The van der Waals surface area contributed by atoms with E-state index >= 15 is 0 Å². The number of hydrogen-bond acceptors (Lipinski definition) is 7. The number of anilines is 1. The molecule has 0 bridgehead atoms. The lowest BCUT2D eigenvalue weighted by Crippen LogP contribution is -2.27. The molecule has 3 aromatic rings. The molecule has 188 valence electrons. The summed E-state index contributed by atoms with van der Waals surface area (Å²) in [5.74, 6) is -0.526. The van der Waals surface area contributed by atoms with Gasteiger partial charge in [-0.2, -0.15) is 0 Å². The van der Waals surface area contributed by atoms with Crippen LogP contribution in [0.25, 0.3) is 6.08 Å². The number of amides is 3. The molecule has 1 aliphatic heterocycles. The number of benzene rings is 3. The Morgan fingerprint density at radius 3 is 2.68 bits per heavy atom. The topological polar surface area (TPSA) is 119 Å². The van der Waals surface area contributed by atoms with Crippen molar-refractivity contribution in [3.05, 3.63) is 103 Å². The van der Waals surface area contributed by atoms with E-state index in [0.29, 0.717) is 22.0 Å². The number of ether oxygens (including phenoxy) is 1. The van der Waals surface area contributed by atoms with Crippen LogP contribution in [-0.4, -0.2) is 33.5 Å². The summed E-state index contributed by atoms with van der Waals surface area (Å²) in [6, 6.07) is 17.9. The largest absolute Gasteiger partial charge is 0.484 e. The molecule has 1 heterocycles. The summed E-state index contributed by atoms with van der Waals surface area (Å²) >= 11 is 6.83. The summed E-state index contributed by atoms with van der Waals surface area (Å²) < 4.78 is 5.58. The van der Waals surface area contributed by atoms with E-state index in [4.69, 9.17) is 16.3 Å². The third-order valence-electron chi connectivity index (χ3n) is 5.37. The van der Waals surface area contributed by atoms with Crippen molar-refractivity contribution in [1.29, 1.82) is 0 Å². The first-order valence-corrected chi connectivity index (χ1v) is 12.2. The van der Waals surface area contributed by atoms with Gasteiger partial charge in [0.1, 0.15) is 5.75 Å². The lowest BCUT2D eigenvalue weighted by atomic mass is 10.1. The molecule has 1 fully saturated rings. The summed E-state index contributed by atoms with van der Waals surface area (Å²) in [6.07, 6.45) is 1.53. The Morgan fingerprint density at radius 2 is 1.92 bits per heavy atom. The van der Waals surface area contributed by atoms with Gasteiger partial charge in [-0.25, -0.2) is 0 Å². The quantitative estimate of drug-likeness (QED) is 0.219. The fourth-order valence-electron chi connectivity index (χ4n) is 3.49. The van der Waals surface area contributed by atoms with Gasteiger partial charge in [0.15, 0.2) is 6.61 Å². The predicted molar refractivity (Wildman–Crippen MR) is 141 cm³/mol. The van der Waals surface area contributed by atoms with Crippen molar-refractivity contribution in [3.8, 4) is 5.75 Å². The van der Waals surface area contributed by atoms with Gasteiger partial charge in [-0.15, -0.1) is 0 Å². The van der Waals surface area contributed by atoms with E-state index in [1.165, 1.54) is 24.3 Å². The van der Waals surface area contributed by atoms with Crippen molar-refractivity contribution in [2.75, 3.05) is 11.9 Å². The van der Waals surface area contributed by atoms with Gasteiger partial charge < -0.3 is 10.1 Å². The predicted octanol–water partition coefficient (Wildman–Crippen LogP) is 5.81. The summed E-state index contributed by atoms with van der Waals surface area (Å²) in [5, 5.41) is 14.0. The highest BCUT2D eigenvalue weighted by atomic mass is 35.5. The third-order valence-corrected chi connectivity index (χ3v) is 6.69. The van der Waals surface area contributed by atoms with Crippen molar-refractivity contribution >= 4 is 57.9 Å². The second-order valence-corrected chi connectivity index (χ2v) is 9.43. The van der Waals surface area contributed by atoms with E-state index in [9.17, 15) is 24.5 Å². The minimum absolute atomic E-state index is 0.162. The molecule has 1 aliphatic rings. The summed E-state index contributed by atoms with van der Waals surface area (Å²) in [7, 11) is 0. The smallest absolute Gasteiger partial charge is 0.293 e. The van der Waals surface area contributed by atoms with Crippen LogP contribution in [-0.2, 0) is 16.1 Å². The van der Waals surface area contributed by atoms with Gasteiger partial charge in [-0.1, -0.05) is 48.0 Å². The highest BCUT2D eigenvalue weighted by molar-refractivity contribution is 8.18. The number of hydrogen-bond donors (Lipinski definition) is 1. The number of thioether (sulfide) groups is 1. The van der Waals surface area contributed by atoms with Gasteiger partial charge in [0.05, 0.1) is 16.4 Å². The minimum atomic E-state index is -0.550. The summed E-state index contributed by atoms with van der Waals surface area (Å²) in [4.78, 5) is 49.5. The van der Waals surface area contributed by atoms with E-state index in [1.54, 1.807) is 48.5 Å². The Morgan fingerprint density at radius 1 is 1.14 bits per heavy atom. The molecule has 9 nitrogen and oxygen atoms in total. The molecule has 0 unspecified atom stereocenters. The maximum absolute atomic E-state index is 12.9. The number of aryl methyl sites for hydroxylation is 1. The maximum Gasteiger partial charge on any atom is 0.293 e. The zero-order valence-electron chi connectivity index (χ0n) is 19.5. The molecule has 37 heavy (non-hydrogen) atoms. The second-order valence-electron chi connectivity index (χ2n) is 8.03. The molecule has 3 aromatic carbocycles. The number of para-hydroxylation sites is 1. The van der Waals surface area contributed by atoms with Crippen LogP contribution in [0.4, 0.5) is 16.2 Å². The Bertz CT molecular complexity index is 1440. The third kappa shape index (κ3) is 6.35. The van der Waals surface area contributed by atoms with Crippen molar-refractivity contribution in [1.82, 2.24) is 4.90 Å². The first-order valence-electron chi connectivity index (χ1n) is 11.0. The molecule has 3 amide bonds. The Kier molecular flexibility index (Phi) is 7.90. The number of nitro groups is 1. The SMILES string of the molecule is Cc1ccc(NC(=O)COc2cccc(/C=C3\SC(=O)N(Cc4ccccc4[N+](=O)[O-])C3=O)c2)cc1Cl. The van der Waals surface area contributed by atoms with Crippen molar-refractivity contribution in [2.24, 2.45) is 0 Å². The van der Waals surface area contributed by atoms with E-state index in [2.05, 4.69) is 5.32 Å². The van der Waals surface area contributed by atoms with Crippen LogP contribution < -0.4 is 10.1 Å². The highest BCUT2D eigenvalue weighted by Crippen LogP contribution is 2.34. The maximum atomic E-state index is 12.9. The molecule has 4 rings (SSSR count). The standard InChI is InChI=1S/C26H20ClN3O6S/c1-16-9-10-19(13-21(16)27)28-24(31)15-36-20-7-4-5-17(11-20)12-23-25(32)29(26(33)37-23)14-18-6-2-3-8-22(18)30(34)35/h2-13H,14-15H2,1H3,(H,28,31)/b23-12-. The van der Waals surface area contributed by atoms with Gasteiger partial charge >= 0.3 is 0 Å². The number of carbonyl (C=O) groups is 3. The summed E-state index contributed by atoms with van der Waals surface area (Å²) in [6.45, 7) is 1.41. The summed E-state index contributed by atoms with van der Waals surface area (Å²) in [5.41, 5.74) is 2.13. The minimum Gasteiger partial charge on any atom is -0.484 e. The monoisotopic (exact) mass is 537 g/mol. The van der Waals surface area contributed by atoms with Crippen LogP contribution in [0.2, 0.25) is 5.02 Å². The van der Waals surface area contributed by atoms with Crippen LogP contribution in [0.15, 0.2) is 71.6 Å². The number of nitro benzene ring substituents is 1. The molecular formula is C26H20ClN3O6S. The highest BCUT2D eigenvalue weighted by Gasteiger charge is 2.36. The molecular weight excluding hydrogens is 518 g/mol. The number of halogens is 1. The normalized spacial score (nSPS) is 14.2. The van der Waals surface area contributed by atoms with Gasteiger partial charge in [0.25, 0.3) is 22.7 Å². The van der Waals surface area contributed by atoms with Crippen molar-refractivity contribution in [3.63, 3.8) is 0 Å². The fourth-order valence-corrected chi connectivity index (χ4v) is 4.51. The number of imide groups is 1. The van der Waals surface area contributed by atoms with Crippen LogP contribution in [0.1, 0.15) is 16.7 Å². The van der Waals surface area contributed by atoms with E-state index in [1.807, 2.05) is 6.92 Å². The first kappa shape index (κ1) is 25.9. The fraction of sp³-hybridized carbons (Fsp3) is 0.115. The molecule has 1 N–H and O–H groups in total. The molecule has 0 aromatic heterocycles. The van der Waals surface area contributed by atoms with Gasteiger partial charge in [0.2, 0.25) is 0 Å². The van der Waals surface area contributed by atoms with Crippen LogP contribution in [0.3, 0.4) is 0 Å². The van der Waals surface area contributed by atoms with Gasteiger partial charge in [0, 0.05) is 22.3 Å². The lowest BCUT2D eigenvalue weighted by molar-refractivity contribution is -0.385. The van der Waals surface area contributed by atoms with Crippen molar-refractivity contribution in [2.45, 2.75) is 13.5 Å². The van der Waals surface area contributed by atoms with Crippen LogP contribution >= 0.6 is 23.4 Å². The Balaban J connectivity index is 1.41. The Hall–Kier alpha value is -4.15. The molecule has 1 saturated heterocycles. The Labute approximate surface area is 221 Å². The molecule has 0 aliphatic carbocycles. The first-order chi connectivity index (χ1) is 17.7. The van der Waals surface area contributed by atoms with Crippen LogP contribution in [0.5, 0.6) is 5.75 Å². The number of carbonyl (C=O) groups excluding carboxylic acids is 3. The second kappa shape index (κ2) is 11.3. The average Bonchev–Trinajstić information content (AvgIpc) is 3.12. The van der Waals surface area contributed by atoms with Gasteiger partial charge in [-0.05, 0) is 60.2 Å². The molecule has 0 spiro atoms. The number of rotatable bonds is 8. The lowest BCUT2D eigenvalue weighted by Gasteiger charge is -2.12. The van der Waals surface area contributed by atoms with E-state index < -0.39 is 16.1 Å². The molecule has 0 radical (unpaired) electrons.